The van der Waals surface area contributed by atoms with E-state index in [4.69, 9.17) is 9.47 Å². The number of alkyl halides is 1. The van der Waals surface area contributed by atoms with Crippen molar-refractivity contribution in [3.63, 3.8) is 0 Å². The van der Waals surface area contributed by atoms with Crippen molar-refractivity contribution in [2.75, 3.05) is 11.5 Å². The van der Waals surface area contributed by atoms with E-state index in [9.17, 15) is 19.5 Å². The highest BCUT2D eigenvalue weighted by molar-refractivity contribution is 14.1. The summed E-state index contributed by atoms with van der Waals surface area (Å²) in [7, 11) is 1.35. The number of aliphatic hydroxyl groups excluding tert-OH is 1. The molecule has 4 aliphatic carbocycles. The fourth-order valence-electron chi connectivity index (χ4n) is 7.41. The smallest absolute Gasteiger partial charge is 0.316 e. The second kappa shape index (κ2) is 5.14. The maximum atomic E-state index is 13.1. The zero-order chi connectivity index (χ0) is 19.4. The molecule has 1 heterocycles. The molecule has 1 spiro atoms. The third-order valence-corrected chi connectivity index (χ3v) is 10.0. The van der Waals surface area contributed by atoms with E-state index < -0.39 is 46.3 Å². The van der Waals surface area contributed by atoms with Gasteiger partial charge in [-0.25, -0.2) is 0 Å². The molecule has 0 amide bonds. The van der Waals surface area contributed by atoms with E-state index in [1.165, 1.54) is 7.11 Å². The zero-order valence-corrected chi connectivity index (χ0v) is 17.5. The van der Waals surface area contributed by atoms with Gasteiger partial charge in [0.1, 0.15) is 16.8 Å². The molecule has 4 bridgehead atoms. The molecule has 0 aromatic carbocycles. The van der Waals surface area contributed by atoms with Gasteiger partial charge in [-0.3, -0.25) is 14.4 Å². The first-order chi connectivity index (χ1) is 12.7. The van der Waals surface area contributed by atoms with E-state index >= 15 is 0 Å². The normalized spacial score (nSPS) is 54.5. The number of rotatable bonds is 2. The van der Waals surface area contributed by atoms with E-state index in [-0.39, 0.29) is 17.1 Å². The summed E-state index contributed by atoms with van der Waals surface area (Å²) in [5.41, 5.74) is -3.07. The Labute approximate surface area is 171 Å². The van der Waals surface area contributed by atoms with Crippen LogP contribution >= 0.6 is 22.6 Å². The third-order valence-electron chi connectivity index (χ3n) is 8.56. The molecule has 146 valence electrons. The van der Waals surface area contributed by atoms with Gasteiger partial charge in [-0.15, -0.1) is 0 Å². The lowest BCUT2D eigenvalue weighted by molar-refractivity contribution is -0.163. The topological polar surface area (TPSA) is 89.9 Å². The van der Waals surface area contributed by atoms with Crippen molar-refractivity contribution >= 4 is 40.3 Å². The number of halogens is 1. The number of hydrogen-bond acceptors (Lipinski definition) is 6. The van der Waals surface area contributed by atoms with Gasteiger partial charge in [-0.1, -0.05) is 28.7 Å². The van der Waals surface area contributed by atoms with Crippen molar-refractivity contribution in [1.82, 2.24) is 0 Å². The van der Waals surface area contributed by atoms with Crippen LogP contribution in [0.2, 0.25) is 0 Å². The lowest BCUT2D eigenvalue weighted by Gasteiger charge is -2.45. The first kappa shape index (κ1) is 18.1. The van der Waals surface area contributed by atoms with Gasteiger partial charge in [0.15, 0.2) is 0 Å². The van der Waals surface area contributed by atoms with Gasteiger partial charge in [0.25, 0.3) is 0 Å². The van der Waals surface area contributed by atoms with Crippen LogP contribution in [0.25, 0.3) is 0 Å². The van der Waals surface area contributed by atoms with E-state index in [0.717, 1.165) is 17.3 Å². The molecule has 8 atom stereocenters. The van der Waals surface area contributed by atoms with E-state index in [0.29, 0.717) is 12.8 Å². The quantitative estimate of drug-likeness (QED) is 0.277. The molecule has 8 unspecified atom stereocenters. The van der Waals surface area contributed by atoms with Gasteiger partial charge in [-0.05, 0) is 37.7 Å². The number of ketones is 1. The largest absolute Gasteiger partial charge is 0.469 e. The molecule has 1 N–H and O–H groups in total. The minimum atomic E-state index is -1.20. The Bertz CT molecular complexity index is 808. The number of esters is 2. The minimum absolute atomic E-state index is 0.101. The van der Waals surface area contributed by atoms with Crippen LogP contribution < -0.4 is 0 Å². The average Bonchev–Trinajstić information content (AvgIpc) is 3.09. The SMILES string of the molecule is COC(=O)C1C2C3(C=CC(O)C2(C)C(=O)O3)C2CCC3(CI)CC12CC3=O. The van der Waals surface area contributed by atoms with Crippen molar-refractivity contribution in [3.8, 4) is 0 Å². The molecule has 4 fully saturated rings. The fraction of sp³-hybridized carbons (Fsp3) is 0.750. The number of methoxy groups -OCH3 is 1. The summed E-state index contributed by atoms with van der Waals surface area (Å²) in [5.74, 6) is -1.86. The minimum Gasteiger partial charge on any atom is -0.469 e. The van der Waals surface area contributed by atoms with Crippen LogP contribution in [0.4, 0.5) is 0 Å². The summed E-state index contributed by atoms with van der Waals surface area (Å²) >= 11 is 2.28. The summed E-state index contributed by atoms with van der Waals surface area (Å²) in [6.07, 6.45) is 4.91. The molecule has 6 nitrogen and oxygen atoms in total. The summed E-state index contributed by atoms with van der Waals surface area (Å²) in [6.45, 7) is 1.70. The molecule has 0 aromatic heterocycles. The van der Waals surface area contributed by atoms with Crippen molar-refractivity contribution < 1.29 is 29.0 Å². The van der Waals surface area contributed by atoms with Gasteiger partial charge in [0.05, 0.1) is 19.1 Å². The summed E-state index contributed by atoms with van der Waals surface area (Å²) in [4.78, 5) is 39.0. The standard InChI is InChI=1S/C20H23IO6/c1-17-11(22)4-6-20(27-16(17)25)10-3-5-18(9-21)8-19(10,7-12(18)23)13(14(17)20)15(24)26-2/h4,6,10-11,13-14,22H,3,5,7-9H2,1-2H3. The average molecular weight is 486 g/mol. The van der Waals surface area contributed by atoms with Gasteiger partial charge in [0.2, 0.25) is 0 Å². The molecular weight excluding hydrogens is 463 g/mol. The predicted octanol–water partition coefficient (Wildman–Crippen LogP) is 1.82. The second-order valence-electron chi connectivity index (χ2n) is 9.32. The third kappa shape index (κ3) is 1.71. The lowest BCUT2D eigenvalue weighted by atomic mass is 9.60. The Morgan fingerprint density at radius 2 is 2.19 bits per heavy atom. The zero-order valence-electron chi connectivity index (χ0n) is 15.4. The highest BCUT2D eigenvalue weighted by Crippen LogP contribution is 2.77. The number of hydrogen-bond donors (Lipinski definition) is 1. The van der Waals surface area contributed by atoms with Crippen LogP contribution in [0.3, 0.4) is 0 Å². The summed E-state index contributed by atoms with van der Waals surface area (Å²) in [5, 5.41) is 10.7. The van der Waals surface area contributed by atoms with E-state index in [1.54, 1.807) is 13.0 Å². The Morgan fingerprint density at radius 3 is 2.85 bits per heavy atom. The Morgan fingerprint density at radius 1 is 1.44 bits per heavy atom. The molecule has 7 heteroatoms. The first-order valence-electron chi connectivity index (χ1n) is 9.50. The number of aliphatic hydroxyl groups is 1. The van der Waals surface area contributed by atoms with Gasteiger partial charge in [-0.2, -0.15) is 0 Å². The van der Waals surface area contributed by atoms with Gasteiger partial charge in [0, 0.05) is 28.1 Å². The van der Waals surface area contributed by atoms with Crippen LogP contribution in [0.1, 0.15) is 32.6 Å². The first-order valence-corrected chi connectivity index (χ1v) is 11.0. The highest BCUT2D eigenvalue weighted by atomic mass is 127. The molecule has 5 rings (SSSR count). The molecule has 0 radical (unpaired) electrons. The molecule has 5 aliphatic rings. The Balaban J connectivity index is 1.76. The van der Waals surface area contributed by atoms with Crippen LogP contribution in [-0.2, 0) is 23.9 Å². The van der Waals surface area contributed by atoms with E-state index in [1.807, 2.05) is 6.08 Å². The number of carbonyl (C=O) groups excluding carboxylic acids is 3. The van der Waals surface area contributed by atoms with Crippen LogP contribution in [0.15, 0.2) is 12.2 Å². The molecule has 1 aliphatic heterocycles. The highest BCUT2D eigenvalue weighted by Gasteiger charge is 2.84. The van der Waals surface area contributed by atoms with Crippen molar-refractivity contribution in [2.45, 2.75) is 44.3 Å². The second-order valence-corrected chi connectivity index (χ2v) is 10.1. The molecule has 3 saturated carbocycles. The van der Waals surface area contributed by atoms with Gasteiger partial charge >= 0.3 is 11.9 Å². The van der Waals surface area contributed by atoms with Crippen LogP contribution in [0.5, 0.6) is 0 Å². The van der Waals surface area contributed by atoms with Crippen molar-refractivity contribution in [3.05, 3.63) is 12.2 Å². The fourth-order valence-corrected chi connectivity index (χ4v) is 8.49. The van der Waals surface area contributed by atoms with Crippen LogP contribution in [0, 0.1) is 34.0 Å². The van der Waals surface area contributed by atoms with E-state index in [2.05, 4.69) is 22.6 Å². The van der Waals surface area contributed by atoms with Crippen molar-refractivity contribution in [1.29, 1.82) is 0 Å². The molecule has 1 saturated heterocycles. The van der Waals surface area contributed by atoms with Gasteiger partial charge < -0.3 is 14.6 Å². The molecular formula is C20H23IO6. The molecule has 0 aromatic rings. The Hall–Kier alpha value is -0.960. The van der Waals surface area contributed by atoms with Crippen LogP contribution in [-0.4, -0.2) is 46.1 Å². The number of ether oxygens (including phenoxy) is 2. The lowest BCUT2D eigenvalue weighted by Crippen LogP contribution is -2.51. The maximum absolute atomic E-state index is 13.1. The summed E-state index contributed by atoms with van der Waals surface area (Å²) in [6, 6.07) is 0. The maximum Gasteiger partial charge on any atom is 0.316 e. The summed E-state index contributed by atoms with van der Waals surface area (Å²) < 4.78 is 11.9. The predicted molar refractivity (Wildman–Crippen MR) is 102 cm³/mol. The number of fused-ring (bicyclic) bond motifs is 1. The monoisotopic (exact) mass is 486 g/mol. The Kier molecular flexibility index (Phi) is 3.45. The number of carbonyl (C=O) groups is 3. The molecule has 27 heavy (non-hydrogen) atoms. The van der Waals surface area contributed by atoms with Crippen molar-refractivity contribution in [2.24, 2.45) is 34.0 Å². The number of Topliss-reactive ketones (excluding diaryl/α,β-unsaturated/α-hetero) is 1.